The Morgan fingerprint density at radius 1 is 0.579 bits per heavy atom. The van der Waals surface area contributed by atoms with Gasteiger partial charge in [0.05, 0.1) is 22.5 Å². The highest BCUT2D eigenvalue weighted by Crippen LogP contribution is 2.26. The van der Waals surface area contributed by atoms with Gasteiger partial charge in [0.15, 0.2) is 11.6 Å². The van der Waals surface area contributed by atoms with Crippen molar-refractivity contribution in [1.29, 1.82) is 5.26 Å². The Morgan fingerprint density at radius 2 is 1.24 bits per heavy atom. The first-order valence-corrected chi connectivity index (χ1v) is 12.5. The quantitative estimate of drug-likeness (QED) is 0.257. The van der Waals surface area contributed by atoms with Gasteiger partial charge in [-0.1, -0.05) is 103 Å². The minimum absolute atomic E-state index is 0.466. The van der Waals surface area contributed by atoms with Crippen LogP contribution in [0.3, 0.4) is 0 Å². The fraction of sp³-hybridized carbons (Fsp3) is 0.0606. The fourth-order valence-corrected chi connectivity index (χ4v) is 4.57. The maximum Gasteiger partial charge on any atom is 0.162 e. The van der Waals surface area contributed by atoms with Crippen LogP contribution in [0.25, 0.3) is 33.5 Å². The summed E-state index contributed by atoms with van der Waals surface area (Å²) in [6, 6.07) is 37.0. The number of hydrogen-bond donors (Lipinski definition) is 0. The van der Waals surface area contributed by atoms with Crippen molar-refractivity contribution in [1.82, 2.24) is 19.9 Å². The van der Waals surface area contributed by atoms with Gasteiger partial charge in [0.1, 0.15) is 6.07 Å². The van der Waals surface area contributed by atoms with Crippen LogP contribution in [0.4, 0.5) is 0 Å². The van der Waals surface area contributed by atoms with E-state index in [0.29, 0.717) is 35.7 Å². The van der Waals surface area contributed by atoms with Gasteiger partial charge in [-0.2, -0.15) is 5.26 Å². The molecule has 2 aromatic heterocycles. The molecule has 6 aromatic rings. The molecular weight excluding hydrogens is 466 g/mol. The standard InChI is InChI=1S/C33H23N5/c34-20-28-21-35-33(37-30(28)19-24-15-16-25-11-7-8-14-27(25)17-24)29-22-36-32(26-12-5-2-6-13-26)38-31(29)18-23-9-3-1-4-10-23/h1-17,21-22H,18-19H2. The maximum absolute atomic E-state index is 9.79. The summed E-state index contributed by atoms with van der Waals surface area (Å²) >= 11 is 0. The van der Waals surface area contributed by atoms with Gasteiger partial charge in [-0.15, -0.1) is 0 Å². The molecule has 0 unspecified atom stereocenters. The monoisotopic (exact) mass is 489 g/mol. The molecule has 0 aliphatic rings. The molecule has 5 heteroatoms. The smallest absolute Gasteiger partial charge is 0.162 e. The van der Waals surface area contributed by atoms with Gasteiger partial charge < -0.3 is 0 Å². The first kappa shape index (κ1) is 23.2. The predicted molar refractivity (Wildman–Crippen MR) is 149 cm³/mol. The van der Waals surface area contributed by atoms with E-state index in [-0.39, 0.29) is 0 Å². The van der Waals surface area contributed by atoms with Crippen LogP contribution >= 0.6 is 0 Å². The highest BCUT2D eigenvalue weighted by molar-refractivity contribution is 5.83. The lowest BCUT2D eigenvalue weighted by molar-refractivity contribution is 0.990. The van der Waals surface area contributed by atoms with Gasteiger partial charge >= 0.3 is 0 Å². The lowest BCUT2D eigenvalue weighted by Gasteiger charge is -2.12. The van der Waals surface area contributed by atoms with Crippen LogP contribution in [0, 0.1) is 11.3 Å². The summed E-state index contributed by atoms with van der Waals surface area (Å²) in [6.07, 6.45) is 4.55. The molecule has 0 aliphatic heterocycles. The highest BCUT2D eigenvalue weighted by Gasteiger charge is 2.16. The van der Waals surface area contributed by atoms with Crippen molar-refractivity contribution >= 4 is 10.8 Å². The van der Waals surface area contributed by atoms with Crippen LogP contribution < -0.4 is 0 Å². The zero-order valence-corrected chi connectivity index (χ0v) is 20.6. The van der Waals surface area contributed by atoms with Crippen molar-refractivity contribution in [3.05, 3.63) is 144 Å². The Balaban J connectivity index is 1.42. The summed E-state index contributed by atoms with van der Waals surface area (Å²) in [5.74, 6) is 1.18. The SMILES string of the molecule is N#Cc1cnc(-c2cnc(-c3ccccc3)nc2Cc2ccccc2)nc1Cc1ccc2ccccc2c1. The third kappa shape index (κ3) is 4.88. The largest absolute Gasteiger partial charge is 0.236 e. The van der Waals surface area contributed by atoms with Gasteiger partial charge in [0.25, 0.3) is 0 Å². The number of rotatable bonds is 6. The third-order valence-electron chi connectivity index (χ3n) is 6.53. The molecule has 38 heavy (non-hydrogen) atoms. The topological polar surface area (TPSA) is 75.3 Å². The second kappa shape index (κ2) is 10.4. The van der Waals surface area contributed by atoms with E-state index in [2.05, 4.69) is 58.5 Å². The lowest BCUT2D eigenvalue weighted by Crippen LogP contribution is -2.05. The summed E-state index contributed by atoms with van der Waals surface area (Å²) in [5, 5.41) is 12.1. The second-order valence-corrected chi connectivity index (χ2v) is 9.11. The molecule has 6 rings (SSSR count). The van der Waals surface area contributed by atoms with Crippen LogP contribution in [0.1, 0.15) is 28.1 Å². The normalized spacial score (nSPS) is 10.8. The molecule has 0 N–H and O–H groups in total. The second-order valence-electron chi connectivity index (χ2n) is 9.11. The summed E-state index contributed by atoms with van der Waals surface area (Å²) in [5.41, 5.74) is 5.93. The Morgan fingerprint density at radius 3 is 2.03 bits per heavy atom. The fourth-order valence-electron chi connectivity index (χ4n) is 4.57. The van der Waals surface area contributed by atoms with Crippen LogP contribution in [0.15, 0.2) is 116 Å². The highest BCUT2D eigenvalue weighted by atomic mass is 14.9. The lowest BCUT2D eigenvalue weighted by atomic mass is 10.0. The number of nitrogens with zero attached hydrogens (tertiary/aromatic N) is 5. The van der Waals surface area contributed by atoms with Gasteiger partial charge in [0.2, 0.25) is 0 Å². The summed E-state index contributed by atoms with van der Waals surface area (Å²) < 4.78 is 0. The van der Waals surface area contributed by atoms with E-state index in [1.165, 1.54) is 5.39 Å². The molecule has 0 saturated heterocycles. The average Bonchev–Trinajstić information content (AvgIpc) is 2.98. The predicted octanol–water partition coefficient (Wildman–Crippen LogP) is 6.81. The van der Waals surface area contributed by atoms with Gasteiger partial charge in [-0.3, -0.25) is 0 Å². The molecule has 0 amide bonds. The van der Waals surface area contributed by atoms with E-state index in [4.69, 9.17) is 9.97 Å². The number of benzene rings is 4. The van der Waals surface area contributed by atoms with Crippen molar-refractivity contribution in [3.63, 3.8) is 0 Å². The molecule has 5 nitrogen and oxygen atoms in total. The number of nitriles is 1. The average molecular weight is 490 g/mol. The van der Waals surface area contributed by atoms with E-state index in [1.54, 1.807) is 12.4 Å². The Labute approximate surface area is 221 Å². The van der Waals surface area contributed by atoms with E-state index in [0.717, 1.165) is 33.3 Å². The van der Waals surface area contributed by atoms with Crippen LogP contribution in [0.2, 0.25) is 0 Å². The minimum Gasteiger partial charge on any atom is -0.236 e. The van der Waals surface area contributed by atoms with E-state index in [9.17, 15) is 5.26 Å². The summed E-state index contributed by atoms with van der Waals surface area (Å²) in [6.45, 7) is 0. The van der Waals surface area contributed by atoms with Crippen molar-refractivity contribution in [2.75, 3.05) is 0 Å². The summed E-state index contributed by atoms with van der Waals surface area (Å²) in [7, 11) is 0. The maximum atomic E-state index is 9.79. The third-order valence-corrected chi connectivity index (χ3v) is 6.53. The van der Waals surface area contributed by atoms with Crippen LogP contribution in [-0.4, -0.2) is 19.9 Å². The molecule has 0 spiro atoms. The molecule has 0 bridgehead atoms. The van der Waals surface area contributed by atoms with Crippen molar-refractivity contribution in [2.45, 2.75) is 12.8 Å². The zero-order valence-electron chi connectivity index (χ0n) is 20.6. The molecule has 2 heterocycles. The van der Waals surface area contributed by atoms with Crippen molar-refractivity contribution in [3.8, 4) is 28.8 Å². The number of aromatic nitrogens is 4. The van der Waals surface area contributed by atoms with E-state index in [1.807, 2.05) is 60.7 Å². The van der Waals surface area contributed by atoms with E-state index >= 15 is 0 Å². The molecule has 4 aromatic carbocycles. The van der Waals surface area contributed by atoms with Gasteiger partial charge in [-0.05, 0) is 21.9 Å². The molecule has 0 atom stereocenters. The Bertz CT molecular complexity index is 1770. The molecular formula is C33H23N5. The molecule has 0 radical (unpaired) electrons. The van der Waals surface area contributed by atoms with Crippen molar-refractivity contribution < 1.29 is 0 Å². The van der Waals surface area contributed by atoms with Crippen LogP contribution in [0.5, 0.6) is 0 Å². The first-order chi connectivity index (χ1) is 18.8. The number of hydrogen-bond acceptors (Lipinski definition) is 5. The van der Waals surface area contributed by atoms with E-state index < -0.39 is 0 Å². The molecule has 180 valence electrons. The first-order valence-electron chi connectivity index (χ1n) is 12.5. The van der Waals surface area contributed by atoms with Gasteiger partial charge in [0, 0.05) is 30.8 Å². The van der Waals surface area contributed by atoms with Crippen LogP contribution in [-0.2, 0) is 12.8 Å². The number of fused-ring (bicyclic) bond motifs is 1. The Kier molecular flexibility index (Phi) is 6.36. The zero-order chi connectivity index (χ0) is 25.7. The minimum atomic E-state index is 0.466. The molecule has 0 fully saturated rings. The molecule has 0 aliphatic carbocycles. The molecule has 0 saturated carbocycles. The van der Waals surface area contributed by atoms with Crippen molar-refractivity contribution in [2.24, 2.45) is 0 Å². The van der Waals surface area contributed by atoms with Gasteiger partial charge in [-0.25, -0.2) is 19.9 Å². The Hall–Kier alpha value is -5.21. The summed E-state index contributed by atoms with van der Waals surface area (Å²) in [4.78, 5) is 19.1.